The van der Waals surface area contributed by atoms with Gasteiger partial charge in [-0.2, -0.15) is 10.4 Å². The van der Waals surface area contributed by atoms with Crippen LogP contribution in [0.2, 0.25) is 0 Å². The number of nitrogens with zero attached hydrogens (tertiary/aromatic N) is 8. The lowest BCUT2D eigenvalue weighted by atomic mass is 9.66. The predicted octanol–water partition coefficient (Wildman–Crippen LogP) is 3.55. The Morgan fingerprint density at radius 3 is 2.57 bits per heavy atom. The first-order valence-electron chi connectivity index (χ1n) is 12.2. The van der Waals surface area contributed by atoms with Crippen LogP contribution in [-0.2, 0) is 10.2 Å². The molecule has 0 N–H and O–H groups in total. The van der Waals surface area contributed by atoms with Gasteiger partial charge in [-0.1, -0.05) is 6.42 Å². The van der Waals surface area contributed by atoms with Gasteiger partial charge >= 0.3 is 6.09 Å². The van der Waals surface area contributed by atoms with Crippen LogP contribution in [0.15, 0.2) is 18.6 Å². The lowest BCUT2D eigenvalue weighted by Gasteiger charge is -2.46. The summed E-state index contributed by atoms with van der Waals surface area (Å²) in [7, 11) is 0. The largest absolute Gasteiger partial charge is 0.444 e. The third-order valence-electron chi connectivity index (χ3n) is 7.30. The zero-order valence-corrected chi connectivity index (χ0v) is 21.0. The number of piperazine rings is 1. The van der Waals surface area contributed by atoms with E-state index in [9.17, 15) is 10.1 Å². The van der Waals surface area contributed by atoms with Gasteiger partial charge in [0.1, 0.15) is 29.6 Å². The Morgan fingerprint density at radius 1 is 1.17 bits per heavy atom. The van der Waals surface area contributed by atoms with E-state index in [1.807, 2.05) is 25.7 Å². The number of amides is 1. The van der Waals surface area contributed by atoms with E-state index in [2.05, 4.69) is 44.9 Å². The van der Waals surface area contributed by atoms with Crippen molar-refractivity contribution in [1.29, 1.82) is 5.26 Å². The monoisotopic (exact) mass is 476 g/mol. The van der Waals surface area contributed by atoms with Gasteiger partial charge in [0, 0.05) is 48.8 Å². The molecule has 35 heavy (non-hydrogen) atoms. The molecule has 1 amide bonds. The number of nitriles is 1. The number of aromatic nitrogens is 4. The highest BCUT2D eigenvalue weighted by atomic mass is 16.6. The van der Waals surface area contributed by atoms with Gasteiger partial charge in [-0.25, -0.2) is 14.8 Å². The van der Waals surface area contributed by atoms with Gasteiger partial charge in [0.15, 0.2) is 5.82 Å². The number of rotatable bonds is 2. The number of fused-ring (bicyclic) bond motifs is 2. The summed E-state index contributed by atoms with van der Waals surface area (Å²) < 4.78 is 5.65. The fraction of sp³-hybridized carbons (Fsp3) is 0.600. The first-order chi connectivity index (χ1) is 16.6. The topological polar surface area (TPSA) is 111 Å². The van der Waals surface area contributed by atoms with Crippen molar-refractivity contribution >= 4 is 23.5 Å². The highest BCUT2D eigenvalue weighted by molar-refractivity contribution is 5.75. The number of ether oxygens (including phenoxy) is 1. The number of carbonyl (C=O) groups is 1. The van der Waals surface area contributed by atoms with Crippen molar-refractivity contribution in [1.82, 2.24) is 25.1 Å². The van der Waals surface area contributed by atoms with Gasteiger partial charge in [-0.3, -0.25) is 0 Å². The quantitative estimate of drug-likeness (QED) is 0.642. The molecule has 0 aromatic carbocycles. The van der Waals surface area contributed by atoms with Crippen LogP contribution < -0.4 is 9.80 Å². The first-order valence-corrected chi connectivity index (χ1v) is 12.2. The van der Waals surface area contributed by atoms with E-state index >= 15 is 0 Å². The maximum Gasteiger partial charge on any atom is 0.410 e. The molecule has 4 heterocycles. The fourth-order valence-electron chi connectivity index (χ4n) is 5.47. The summed E-state index contributed by atoms with van der Waals surface area (Å²) in [5.74, 6) is 2.41. The molecule has 0 bridgehead atoms. The van der Waals surface area contributed by atoms with E-state index in [1.165, 1.54) is 6.20 Å². The van der Waals surface area contributed by atoms with E-state index < -0.39 is 5.60 Å². The minimum atomic E-state index is -0.531. The molecule has 1 spiro atoms. The van der Waals surface area contributed by atoms with Crippen LogP contribution in [0.1, 0.15) is 65.0 Å². The van der Waals surface area contributed by atoms with E-state index in [4.69, 9.17) is 9.72 Å². The van der Waals surface area contributed by atoms with E-state index in [0.29, 0.717) is 24.5 Å². The fourth-order valence-corrected chi connectivity index (χ4v) is 5.47. The van der Waals surface area contributed by atoms with Crippen molar-refractivity contribution in [2.45, 2.75) is 77.0 Å². The Morgan fingerprint density at radius 2 is 1.91 bits per heavy atom. The molecule has 2 atom stereocenters. The van der Waals surface area contributed by atoms with Gasteiger partial charge in [-0.05, 0) is 47.5 Å². The van der Waals surface area contributed by atoms with Gasteiger partial charge in [-0.15, -0.1) is 5.10 Å². The Kier molecular flexibility index (Phi) is 5.54. The van der Waals surface area contributed by atoms with Crippen molar-refractivity contribution in [3.05, 3.63) is 29.7 Å². The van der Waals surface area contributed by atoms with Crippen LogP contribution in [0.5, 0.6) is 0 Å². The lowest BCUT2D eigenvalue weighted by Crippen LogP contribution is -2.59. The van der Waals surface area contributed by atoms with E-state index in [-0.39, 0.29) is 23.6 Å². The zero-order valence-electron chi connectivity index (χ0n) is 21.0. The van der Waals surface area contributed by atoms with Crippen molar-refractivity contribution < 1.29 is 9.53 Å². The third-order valence-corrected chi connectivity index (χ3v) is 7.30. The number of carbonyl (C=O) groups excluding carboxylic acids is 1. The molecule has 2 aromatic heterocycles. The summed E-state index contributed by atoms with van der Waals surface area (Å²) in [5.41, 5.74) is 1.05. The molecule has 3 aliphatic rings. The second-order valence-corrected chi connectivity index (χ2v) is 11.0. The first kappa shape index (κ1) is 23.3. The van der Waals surface area contributed by atoms with Crippen LogP contribution in [0.4, 0.5) is 22.2 Å². The molecule has 5 rings (SSSR count). The van der Waals surface area contributed by atoms with Crippen molar-refractivity contribution in [3.63, 3.8) is 0 Å². The molecule has 10 nitrogen and oxygen atoms in total. The molecule has 1 saturated heterocycles. The molecule has 2 fully saturated rings. The maximum absolute atomic E-state index is 12.8. The van der Waals surface area contributed by atoms with Gasteiger partial charge in [0.25, 0.3) is 0 Å². The summed E-state index contributed by atoms with van der Waals surface area (Å²) in [4.78, 5) is 28.5. The highest BCUT2D eigenvalue weighted by Gasteiger charge is 2.52. The van der Waals surface area contributed by atoms with E-state index in [1.54, 1.807) is 12.4 Å². The Bertz CT molecular complexity index is 1180. The minimum Gasteiger partial charge on any atom is -0.444 e. The van der Waals surface area contributed by atoms with Crippen LogP contribution in [0.25, 0.3) is 0 Å². The molecule has 2 aliphatic heterocycles. The number of hydrogen-bond acceptors (Lipinski definition) is 9. The van der Waals surface area contributed by atoms with Crippen LogP contribution in [0.3, 0.4) is 0 Å². The van der Waals surface area contributed by atoms with Crippen LogP contribution in [0, 0.1) is 11.3 Å². The Balaban J connectivity index is 1.48. The zero-order chi connectivity index (χ0) is 25.0. The molecule has 1 aliphatic carbocycles. The molecule has 184 valence electrons. The molecule has 0 radical (unpaired) electrons. The molecule has 1 saturated carbocycles. The number of anilines is 3. The van der Waals surface area contributed by atoms with Crippen molar-refractivity contribution in [2.24, 2.45) is 0 Å². The van der Waals surface area contributed by atoms with Crippen molar-refractivity contribution in [2.75, 3.05) is 29.4 Å². The molecular formula is C25H32N8O2. The second-order valence-electron chi connectivity index (χ2n) is 11.0. The van der Waals surface area contributed by atoms with Gasteiger partial charge in [0.2, 0.25) is 0 Å². The van der Waals surface area contributed by atoms with Crippen molar-refractivity contribution in [3.8, 4) is 6.07 Å². The smallest absolute Gasteiger partial charge is 0.410 e. The third kappa shape index (κ3) is 4.03. The average molecular weight is 477 g/mol. The minimum absolute atomic E-state index is 0.0281. The normalized spacial score (nSPS) is 23.0. The van der Waals surface area contributed by atoms with Gasteiger partial charge < -0.3 is 19.4 Å². The van der Waals surface area contributed by atoms with E-state index in [0.717, 1.165) is 43.0 Å². The van der Waals surface area contributed by atoms with Gasteiger partial charge in [0.05, 0.1) is 11.8 Å². The lowest BCUT2D eigenvalue weighted by molar-refractivity contribution is 0.0129. The van der Waals surface area contributed by atoms with Crippen LogP contribution >= 0.6 is 0 Å². The SMILES string of the molecule is C[C@@H]1CN(c2ncnc3c2C2(CCC2)CN3c2cc(C#N)cnn2)[C@@H](C)CN1C(=O)OC(C)(C)C. The Labute approximate surface area is 205 Å². The predicted molar refractivity (Wildman–Crippen MR) is 131 cm³/mol. The number of hydrogen-bond donors (Lipinski definition) is 0. The highest BCUT2D eigenvalue weighted by Crippen LogP contribution is 2.56. The summed E-state index contributed by atoms with van der Waals surface area (Å²) in [6, 6.07) is 3.95. The molecule has 2 aromatic rings. The molecule has 10 heteroatoms. The molecular weight excluding hydrogens is 444 g/mol. The Hall–Kier alpha value is -3.48. The summed E-state index contributed by atoms with van der Waals surface area (Å²) in [6.07, 6.45) is 6.08. The standard InChI is InChI=1S/C25H32N8O2/c1-16-13-32(23(34)35-24(3,4)5)17(2)12-31(16)21-20-22(28-15-27-21)33(14-25(20)7-6-8-25)19-9-18(10-26)11-29-30-19/h9,11,15-17H,6-8,12-14H2,1-5H3/t16-,17+/m0/s1. The summed E-state index contributed by atoms with van der Waals surface area (Å²) >= 11 is 0. The second kappa shape index (κ2) is 8.33. The average Bonchev–Trinajstić information content (AvgIpc) is 3.16. The summed E-state index contributed by atoms with van der Waals surface area (Å²) in [6.45, 7) is 11.8. The molecule has 0 unspecified atom stereocenters. The summed E-state index contributed by atoms with van der Waals surface area (Å²) in [5, 5.41) is 17.7. The maximum atomic E-state index is 12.8. The van der Waals surface area contributed by atoms with Crippen LogP contribution in [-0.4, -0.2) is 68.5 Å².